The summed E-state index contributed by atoms with van der Waals surface area (Å²) in [7, 11) is 0. The second-order valence-electron chi connectivity index (χ2n) is 12.8. The molecular formula is C38H34B2Cl2. The van der Waals surface area contributed by atoms with Gasteiger partial charge in [-0.05, 0) is 88.8 Å². The van der Waals surface area contributed by atoms with Crippen LogP contribution in [0.1, 0.15) is 55.6 Å². The van der Waals surface area contributed by atoms with E-state index in [0.29, 0.717) is 10.0 Å². The minimum absolute atomic E-state index is 0.0788. The summed E-state index contributed by atoms with van der Waals surface area (Å²) < 4.78 is 0. The van der Waals surface area contributed by atoms with Gasteiger partial charge in [0.05, 0.1) is 10.0 Å². The molecule has 0 fully saturated rings. The van der Waals surface area contributed by atoms with Gasteiger partial charge in [0, 0.05) is 0 Å². The van der Waals surface area contributed by atoms with Gasteiger partial charge in [0.1, 0.15) is 0 Å². The lowest BCUT2D eigenvalue weighted by atomic mass is 9.20. The Morgan fingerprint density at radius 1 is 0.452 bits per heavy atom. The molecule has 206 valence electrons. The summed E-state index contributed by atoms with van der Waals surface area (Å²) >= 11 is 13.7. The SMILES string of the molecule is Cc1cc(C)c(B2c3cc(Cl)c(Cl)cc3B(c3c(C)cc(C)cc3C)c3cc4c(cc32)Cc2ccccc2C4)c(C)c1. The van der Waals surface area contributed by atoms with Gasteiger partial charge < -0.3 is 0 Å². The average molecular weight is 583 g/mol. The van der Waals surface area contributed by atoms with Crippen LogP contribution in [0.3, 0.4) is 0 Å². The zero-order valence-corrected chi connectivity index (χ0v) is 26.8. The van der Waals surface area contributed by atoms with Gasteiger partial charge in [-0.1, -0.05) is 150 Å². The molecule has 0 bridgehead atoms. The van der Waals surface area contributed by atoms with Gasteiger partial charge in [-0.2, -0.15) is 0 Å². The molecule has 0 nitrogen and oxygen atoms in total. The third-order valence-corrected chi connectivity index (χ3v) is 10.4. The van der Waals surface area contributed by atoms with Crippen LogP contribution in [0.25, 0.3) is 0 Å². The number of hydrogen-bond acceptors (Lipinski definition) is 0. The molecule has 1 aliphatic carbocycles. The smallest absolute Gasteiger partial charge is 0.0827 e. The van der Waals surface area contributed by atoms with E-state index in [2.05, 4.69) is 114 Å². The van der Waals surface area contributed by atoms with E-state index in [0.717, 1.165) is 12.8 Å². The maximum Gasteiger partial charge on any atom is 0.240 e. The van der Waals surface area contributed by atoms with Crippen molar-refractivity contribution in [1.82, 2.24) is 0 Å². The number of rotatable bonds is 2. The zero-order chi connectivity index (χ0) is 29.4. The Morgan fingerprint density at radius 2 is 0.786 bits per heavy atom. The van der Waals surface area contributed by atoms with Crippen molar-refractivity contribution in [3.05, 3.63) is 138 Å². The molecule has 1 heterocycles. The molecule has 0 saturated heterocycles. The highest BCUT2D eigenvalue weighted by Crippen LogP contribution is 2.28. The quantitative estimate of drug-likeness (QED) is 0.230. The molecule has 4 heteroatoms. The molecule has 5 aromatic rings. The first-order valence-electron chi connectivity index (χ1n) is 15.0. The Bertz CT molecular complexity index is 1750. The molecule has 0 amide bonds. The average Bonchev–Trinajstić information content (AvgIpc) is 2.92. The predicted octanol–water partition coefficient (Wildman–Crippen LogP) is 5.68. The van der Waals surface area contributed by atoms with E-state index in [1.54, 1.807) is 0 Å². The second kappa shape index (κ2) is 10.2. The fraction of sp³-hybridized carbons (Fsp3) is 0.211. The van der Waals surface area contributed by atoms with Gasteiger partial charge in [0.2, 0.25) is 13.4 Å². The molecule has 0 aromatic heterocycles. The maximum absolute atomic E-state index is 6.85. The standard InChI is InChI=1S/C38H34B2Cl2/c1-21-11-23(3)37(24(4)12-21)39-31-17-29-15-27-9-7-8-10-28(27)16-30(29)18-32(31)40(34-20-36(42)35(41)19-33(34)39)38-25(5)13-22(2)14-26(38)6/h7-14,17-20H,15-16H2,1-6H3. The summed E-state index contributed by atoms with van der Waals surface area (Å²) in [6.07, 6.45) is 1.94. The minimum Gasteiger partial charge on any atom is -0.0827 e. The molecule has 2 aliphatic rings. The van der Waals surface area contributed by atoms with Crippen molar-refractivity contribution in [3.8, 4) is 0 Å². The van der Waals surface area contributed by atoms with Crippen molar-refractivity contribution in [2.45, 2.75) is 54.4 Å². The van der Waals surface area contributed by atoms with Crippen molar-refractivity contribution in [2.24, 2.45) is 0 Å². The minimum atomic E-state index is 0.0788. The van der Waals surface area contributed by atoms with Gasteiger partial charge in [-0.25, -0.2) is 0 Å². The largest absolute Gasteiger partial charge is 0.240 e. The first-order chi connectivity index (χ1) is 20.1. The Balaban J connectivity index is 1.59. The van der Waals surface area contributed by atoms with Crippen molar-refractivity contribution in [2.75, 3.05) is 0 Å². The number of halogens is 2. The van der Waals surface area contributed by atoms with E-state index in [-0.39, 0.29) is 13.4 Å². The van der Waals surface area contributed by atoms with Crippen molar-refractivity contribution in [1.29, 1.82) is 0 Å². The monoisotopic (exact) mass is 582 g/mol. The molecule has 0 saturated carbocycles. The molecule has 0 N–H and O–H groups in total. The van der Waals surface area contributed by atoms with Gasteiger partial charge in [0.25, 0.3) is 0 Å². The van der Waals surface area contributed by atoms with Crippen LogP contribution >= 0.6 is 23.2 Å². The molecule has 5 aromatic carbocycles. The Kier molecular flexibility index (Phi) is 6.72. The van der Waals surface area contributed by atoms with Crippen LogP contribution in [0.5, 0.6) is 0 Å². The highest BCUT2D eigenvalue weighted by molar-refractivity contribution is 7.11. The summed E-state index contributed by atoms with van der Waals surface area (Å²) in [4.78, 5) is 0. The highest BCUT2D eigenvalue weighted by Gasteiger charge is 2.42. The molecule has 0 spiro atoms. The van der Waals surface area contributed by atoms with E-state index in [1.165, 1.54) is 88.4 Å². The number of benzene rings is 5. The van der Waals surface area contributed by atoms with Gasteiger partial charge in [0.15, 0.2) is 0 Å². The summed E-state index contributed by atoms with van der Waals surface area (Å²) in [6.45, 7) is 13.6. The van der Waals surface area contributed by atoms with Crippen LogP contribution in [-0.4, -0.2) is 13.4 Å². The van der Waals surface area contributed by atoms with Crippen LogP contribution in [0.15, 0.2) is 72.8 Å². The Hall–Kier alpha value is -3.19. The fourth-order valence-electron chi connectivity index (χ4n) is 8.20. The van der Waals surface area contributed by atoms with Gasteiger partial charge in [-0.3, -0.25) is 0 Å². The van der Waals surface area contributed by atoms with E-state index < -0.39 is 0 Å². The topological polar surface area (TPSA) is 0 Å². The van der Waals surface area contributed by atoms with Gasteiger partial charge in [-0.15, -0.1) is 0 Å². The van der Waals surface area contributed by atoms with E-state index in [1.807, 2.05) is 0 Å². The van der Waals surface area contributed by atoms with Crippen LogP contribution in [0.2, 0.25) is 10.0 Å². The zero-order valence-electron chi connectivity index (χ0n) is 25.3. The molecule has 7 rings (SSSR count). The summed E-state index contributed by atoms with van der Waals surface area (Å²) in [5, 5.41) is 1.24. The summed E-state index contributed by atoms with van der Waals surface area (Å²) in [5.41, 5.74) is 21.8. The van der Waals surface area contributed by atoms with E-state index >= 15 is 0 Å². The van der Waals surface area contributed by atoms with Crippen molar-refractivity contribution < 1.29 is 0 Å². The van der Waals surface area contributed by atoms with E-state index in [4.69, 9.17) is 23.2 Å². The molecule has 1 aliphatic heterocycles. The lowest BCUT2D eigenvalue weighted by Gasteiger charge is -2.36. The number of hydrogen-bond donors (Lipinski definition) is 0. The lowest BCUT2D eigenvalue weighted by Crippen LogP contribution is -2.76. The van der Waals surface area contributed by atoms with E-state index in [9.17, 15) is 0 Å². The Morgan fingerprint density at radius 3 is 1.14 bits per heavy atom. The lowest BCUT2D eigenvalue weighted by molar-refractivity contribution is 1.01. The Labute approximate surface area is 261 Å². The fourth-order valence-corrected chi connectivity index (χ4v) is 8.54. The molecule has 42 heavy (non-hydrogen) atoms. The third-order valence-electron chi connectivity index (χ3n) is 9.71. The summed E-state index contributed by atoms with van der Waals surface area (Å²) in [6, 6.07) is 27.6. The van der Waals surface area contributed by atoms with Crippen LogP contribution in [0, 0.1) is 41.5 Å². The van der Waals surface area contributed by atoms with Crippen LogP contribution in [-0.2, 0) is 12.8 Å². The van der Waals surface area contributed by atoms with Gasteiger partial charge >= 0.3 is 0 Å². The maximum atomic E-state index is 6.85. The predicted molar refractivity (Wildman–Crippen MR) is 186 cm³/mol. The molecule has 0 radical (unpaired) electrons. The molecule has 0 atom stereocenters. The number of aryl methyl sites for hydroxylation is 6. The van der Waals surface area contributed by atoms with Crippen LogP contribution in [0.4, 0.5) is 0 Å². The third kappa shape index (κ3) is 4.38. The van der Waals surface area contributed by atoms with Crippen LogP contribution < -0.4 is 32.8 Å². The highest BCUT2D eigenvalue weighted by atomic mass is 35.5. The summed E-state index contributed by atoms with van der Waals surface area (Å²) in [5.74, 6) is 0. The number of fused-ring (bicyclic) bond motifs is 4. The first-order valence-corrected chi connectivity index (χ1v) is 15.7. The first kappa shape index (κ1) is 27.6. The van der Waals surface area contributed by atoms with Crippen molar-refractivity contribution in [3.63, 3.8) is 0 Å². The second-order valence-corrected chi connectivity index (χ2v) is 13.6. The normalized spacial score (nSPS) is 13.4. The molecule has 0 unspecified atom stereocenters. The molecular weight excluding hydrogens is 549 g/mol. The van der Waals surface area contributed by atoms with Crippen molar-refractivity contribution >= 4 is 69.4 Å².